The van der Waals surface area contributed by atoms with Crippen LogP contribution in [0.1, 0.15) is 66.6 Å². The predicted octanol–water partition coefficient (Wildman–Crippen LogP) is 4.95. The van der Waals surface area contributed by atoms with E-state index in [4.69, 9.17) is 9.47 Å². The van der Waals surface area contributed by atoms with Crippen molar-refractivity contribution in [3.63, 3.8) is 0 Å². The van der Waals surface area contributed by atoms with E-state index in [-0.39, 0.29) is 11.9 Å². The number of likely N-dealkylation sites (tertiary alicyclic amines) is 1. The van der Waals surface area contributed by atoms with Gasteiger partial charge in [0.25, 0.3) is 5.91 Å². The Labute approximate surface area is 161 Å². The lowest BCUT2D eigenvalue weighted by molar-refractivity contribution is 0.0735. The maximum absolute atomic E-state index is 13.1. The van der Waals surface area contributed by atoms with Crippen molar-refractivity contribution in [1.29, 1.82) is 0 Å². The summed E-state index contributed by atoms with van der Waals surface area (Å²) in [5.41, 5.74) is 3.15. The summed E-state index contributed by atoms with van der Waals surface area (Å²) in [7, 11) is 0. The molecule has 2 aliphatic heterocycles. The summed E-state index contributed by atoms with van der Waals surface area (Å²) in [6, 6.07) is 14.3. The predicted molar refractivity (Wildman–Crippen MR) is 106 cm³/mol. The highest BCUT2D eigenvalue weighted by Gasteiger charge is 2.31. The standard InChI is InChI=1S/C23H27NO3/c1-16(2)17-6-8-18(9-7-17)23(25)24-12-3-5-20(24)19-10-11-21-22(15-19)27-14-4-13-26-21/h6-11,15-16,20H,3-5,12-14H2,1-2H3/t20-/m0/s1. The van der Waals surface area contributed by atoms with E-state index in [9.17, 15) is 4.79 Å². The van der Waals surface area contributed by atoms with Crippen LogP contribution in [0, 0.1) is 0 Å². The number of hydrogen-bond donors (Lipinski definition) is 0. The third-order valence-electron chi connectivity index (χ3n) is 5.49. The largest absolute Gasteiger partial charge is 0.490 e. The van der Waals surface area contributed by atoms with Crippen LogP contribution < -0.4 is 9.47 Å². The van der Waals surface area contributed by atoms with Gasteiger partial charge in [-0.3, -0.25) is 4.79 Å². The third kappa shape index (κ3) is 3.66. The van der Waals surface area contributed by atoms with Crippen molar-refractivity contribution in [3.05, 3.63) is 59.2 Å². The van der Waals surface area contributed by atoms with E-state index in [1.807, 2.05) is 23.1 Å². The SMILES string of the molecule is CC(C)c1ccc(C(=O)N2CCC[C@H]2c2ccc3c(c2)OCCCO3)cc1. The second-order valence-electron chi connectivity index (χ2n) is 7.69. The van der Waals surface area contributed by atoms with Gasteiger partial charge in [0.2, 0.25) is 0 Å². The minimum Gasteiger partial charge on any atom is -0.490 e. The first-order chi connectivity index (χ1) is 13.1. The van der Waals surface area contributed by atoms with E-state index in [2.05, 4.69) is 38.1 Å². The summed E-state index contributed by atoms with van der Waals surface area (Å²) < 4.78 is 11.6. The van der Waals surface area contributed by atoms with Gasteiger partial charge in [-0.2, -0.15) is 0 Å². The van der Waals surface area contributed by atoms with Crippen molar-refractivity contribution in [2.24, 2.45) is 0 Å². The topological polar surface area (TPSA) is 38.8 Å². The molecule has 2 heterocycles. The highest BCUT2D eigenvalue weighted by Crippen LogP contribution is 2.38. The summed E-state index contributed by atoms with van der Waals surface area (Å²) in [6.07, 6.45) is 2.90. The van der Waals surface area contributed by atoms with Crippen LogP contribution in [-0.2, 0) is 0 Å². The number of fused-ring (bicyclic) bond motifs is 1. The van der Waals surface area contributed by atoms with Crippen LogP contribution in [-0.4, -0.2) is 30.6 Å². The zero-order valence-electron chi connectivity index (χ0n) is 16.1. The third-order valence-corrected chi connectivity index (χ3v) is 5.49. The van der Waals surface area contributed by atoms with Gasteiger partial charge in [-0.25, -0.2) is 0 Å². The highest BCUT2D eigenvalue weighted by molar-refractivity contribution is 5.94. The molecule has 1 saturated heterocycles. The summed E-state index contributed by atoms with van der Waals surface area (Å²) in [6.45, 7) is 6.48. The first-order valence-electron chi connectivity index (χ1n) is 9.94. The Bertz CT molecular complexity index is 813. The maximum atomic E-state index is 13.1. The molecule has 0 unspecified atom stereocenters. The minimum atomic E-state index is 0.0967. The first kappa shape index (κ1) is 17.9. The number of amides is 1. The molecular formula is C23H27NO3. The molecule has 0 spiro atoms. The fourth-order valence-corrected chi connectivity index (χ4v) is 3.92. The molecule has 27 heavy (non-hydrogen) atoms. The van der Waals surface area contributed by atoms with Gasteiger partial charge in [0.1, 0.15) is 0 Å². The van der Waals surface area contributed by atoms with Crippen LogP contribution in [0.5, 0.6) is 11.5 Å². The van der Waals surface area contributed by atoms with E-state index in [0.29, 0.717) is 19.1 Å². The van der Waals surface area contributed by atoms with E-state index in [0.717, 1.165) is 48.4 Å². The molecule has 2 aliphatic rings. The Morgan fingerprint density at radius 3 is 2.48 bits per heavy atom. The molecule has 2 aromatic carbocycles. The van der Waals surface area contributed by atoms with Crippen molar-refractivity contribution in [2.45, 2.75) is 45.1 Å². The van der Waals surface area contributed by atoms with Crippen molar-refractivity contribution < 1.29 is 14.3 Å². The van der Waals surface area contributed by atoms with Gasteiger partial charge in [-0.15, -0.1) is 0 Å². The molecule has 1 atom stereocenters. The minimum absolute atomic E-state index is 0.0967. The number of carbonyl (C=O) groups excluding carboxylic acids is 1. The molecule has 4 rings (SSSR count). The molecule has 4 heteroatoms. The second-order valence-corrected chi connectivity index (χ2v) is 7.69. The molecule has 4 nitrogen and oxygen atoms in total. The smallest absolute Gasteiger partial charge is 0.254 e. The van der Waals surface area contributed by atoms with Crippen LogP contribution >= 0.6 is 0 Å². The van der Waals surface area contributed by atoms with Gasteiger partial charge >= 0.3 is 0 Å². The van der Waals surface area contributed by atoms with Gasteiger partial charge < -0.3 is 14.4 Å². The second kappa shape index (κ2) is 7.63. The molecule has 1 amide bonds. The Morgan fingerprint density at radius 1 is 1.00 bits per heavy atom. The average Bonchev–Trinajstić information content (AvgIpc) is 3.06. The zero-order valence-corrected chi connectivity index (χ0v) is 16.1. The van der Waals surface area contributed by atoms with Gasteiger partial charge in [-0.1, -0.05) is 32.0 Å². The van der Waals surface area contributed by atoms with E-state index >= 15 is 0 Å². The lowest BCUT2D eigenvalue weighted by atomic mass is 10.0. The number of hydrogen-bond acceptors (Lipinski definition) is 3. The Balaban J connectivity index is 1.57. The van der Waals surface area contributed by atoms with Crippen molar-refractivity contribution in [3.8, 4) is 11.5 Å². The average molecular weight is 365 g/mol. The number of carbonyl (C=O) groups is 1. The molecule has 0 bridgehead atoms. The number of nitrogens with zero attached hydrogens (tertiary/aromatic N) is 1. The normalized spacial score (nSPS) is 19.2. The maximum Gasteiger partial charge on any atom is 0.254 e. The number of benzene rings is 2. The van der Waals surface area contributed by atoms with Gasteiger partial charge in [0.05, 0.1) is 19.3 Å². The van der Waals surface area contributed by atoms with Crippen LogP contribution in [0.25, 0.3) is 0 Å². The van der Waals surface area contributed by atoms with Crippen molar-refractivity contribution in [1.82, 2.24) is 4.90 Å². The molecule has 0 radical (unpaired) electrons. The Kier molecular flexibility index (Phi) is 5.06. The summed E-state index contributed by atoms with van der Waals surface area (Å²) in [5.74, 6) is 2.18. The summed E-state index contributed by atoms with van der Waals surface area (Å²) in [4.78, 5) is 15.1. The Morgan fingerprint density at radius 2 is 1.74 bits per heavy atom. The Hall–Kier alpha value is -2.49. The van der Waals surface area contributed by atoms with Gasteiger partial charge in [-0.05, 0) is 54.2 Å². The van der Waals surface area contributed by atoms with E-state index in [1.54, 1.807) is 0 Å². The molecule has 0 aliphatic carbocycles. The van der Waals surface area contributed by atoms with Gasteiger partial charge in [0.15, 0.2) is 11.5 Å². The quantitative estimate of drug-likeness (QED) is 0.773. The lowest BCUT2D eigenvalue weighted by Crippen LogP contribution is -2.30. The number of ether oxygens (including phenoxy) is 2. The summed E-state index contributed by atoms with van der Waals surface area (Å²) >= 11 is 0. The molecule has 142 valence electrons. The summed E-state index contributed by atoms with van der Waals surface area (Å²) in [5, 5.41) is 0. The molecular weight excluding hydrogens is 338 g/mol. The molecule has 2 aromatic rings. The molecule has 0 aromatic heterocycles. The van der Waals surface area contributed by atoms with Crippen molar-refractivity contribution >= 4 is 5.91 Å². The van der Waals surface area contributed by atoms with E-state index in [1.165, 1.54) is 5.56 Å². The van der Waals surface area contributed by atoms with Gasteiger partial charge in [0, 0.05) is 18.5 Å². The van der Waals surface area contributed by atoms with Crippen LogP contribution in [0.3, 0.4) is 0 Å². The molecule has 0 saturated carbocycles. The lowest BCUT2D eigenvalue weighted by Gasteiger charge is -2.26. The number of rotatable bonds is 3. The van der Waals surface area contributed by atoms with Crippen molar-refractivity contribution in [2.75, 3.05) is 19.8 Å². The van der Waals surface area contributed by atoms with Crippen LogP contribution in [0.15, 0.2) is 42.5 Å². The van der Waals surface area contributed by atoms with E-state index < -0.39 is 0 Å². The molecule has 1 fully saturated rings. The zero-order chi connectivity index (χ0) is 18.8. The molecule has 0 N–H and O–H groups in total. The highest BCUT2D eigenvalue weighted by atomic mass is 16.5. The monoisotopic (exact) mass is 365 g/mol. The fraction of sp³-hybridized carbons (Fsp3) is 0.435. The fourth-order valence-electron chi connectivity index (χ4n) is 3.92. The van der Waals surface area contributed by atoms with Crippen LogP contribution in [0.4, 0.5) is 0 Å². The first-order valence-corrected chi connectivity index (χ1v) is 9.94. The van der Waals surface area contributed by atoms with Crippen LogP contribution in [0.2, 0.25) is 0 Å².